The van der Waals surface area contributed by atoms with Crippen LogP contribution in [0.1, 0.15) is 11.5 Å². The van der Waals surface area contributed by atoms with Gasteiger partial charge in [-0.25, -0.2) is 0 Å². The molecule has 2 N–H and O–H groups in total. The van der Waals surface area contributed by atoms with Crippen LogP contribution < -0.4 is 11.2 Å². The van der Waals surface area contributed by atoms with Crippen molar-refractivity contribution in [1.29, 1.82) is 0 Å². The van der Waals surface area contributed by atoms with Crippen LogP contribution in [0.4, 0.5) is 0 Å². The summed E-state index contributed by atoms with van der Waals surface area (Å²) in [5, 5.41) is 0. The molecular formula is C15H14N2O2. The minimum absolute atomic E-state index is 0.0340. The number of nitrogens with zero attached hydrogens (tertiary/aromatic N) is 1. The van der Waals surface area contributed by atoms with E-state index in [1.165, 1.54) is 18.2 Å². The number of aromatic nitrogens is 1. The van der Waals surface area contributed by atoms with Crippen molar-refractivity contribution in [2.75, 3.05) is 0 Å². The first kappa shape index (κ1) is 12.8. The van der Waals surface area contributed by atoms with Crippen molar-refractivity contribution in [3.05, 3.63) is 77.2 Å². The van der Waals surface area contributed by atoms with Crippen LogP contribution in [-0.2, 0) is 4.79 Å². The highest BCUT2D eigenvalue weighted by molar-refractivity contribution is 5.83. The molecule has 1 unspecified atom stereocenters. The molecule has 4 nitrogen and oxygen atoms in total. The fourth-order valence-electron chi connectivity index (χ4n) is 1.86. The van der Waals surface area contributed by atoms with Gasteiger partial charge in [0, 0.05) is 30.2 Å². The zero-order valence-corrected chi connectivity index (χ0v) is 10.3. The van der Waals surface area contributed by atoms with Gasteiger partial charge in [0.1, 0.15) is 0 Å². The van der Waals surface area contributed by atoms with E-state index in [1.54, 1.807) is 12.4 Å². The van der Waals surface area contributed by atoms with Gasteiger partial charge in [0.15, 0.2) is 5.43 Å². The number of benzene rings is 1. The maximum absolute atomic E-state index is 11.2. The summed E-state index contributed by atoms with van der Waals surface area (Å²) >= 11 is 0. The molecule has 1 amide bonds. The van der Waals surface area contributed by atoms with Crippen molar-refractivity contribution in [1.82, 2.24) is 4.57 Å². The molecule has 1 aromatic heterocycles. The highest BCUT2D eigenvalue weighted by atomic mass is 16.1. The number of hydrogen-bond donors (Lipinski definition) is 1. The number of primary amides is 1. The molecule has 0 spiro atoms. The van der Waals surface area contributed by atoms with Crippen LogP contribution >= 0.6 is 0 Å². The molecule has 1 heterocycles. The number of carbonyl (C=O) groups is 1. The number of hydrogen-bond acceptors (Lipinski definition) is 2. The zero-order valence-electron chi connectivity index (χ0n) is 10.3. The highest BCUT2D eigenvalue weighted by Gasteiger charge is 2.13. The minimum atomic E-state index is -0.483. The van der Waals surface area contributed by atoms with E-state index in [-0.39, 0.29) is 5.43 Å². The predicted molar refractivity (Wildman–Crippen MR) is 74.2 cm³/mol. The average Bonchev–Trinajstić information content (AvgIpc) is 2.41. The summed E-state index contributed by atoms with van der Waals surface area (Å²) in [6, 6.07) is 10.3. The van der Waals surface area contributed by atoms with Crippen LogP contribution in [0.15, 0.2) is 66.2 Å². The topological polar surface area (TPSA) is 65.1 Å². The van der Waals surface area contributed by atoms with Crippen LogP contribution in [0.2, 0.25) is 0 Å². The van der Waals surface area contributed by atoms with E-state index in [9.17, 15) is 9.59 Å². The molecule has 96 valence electrons. The van der Waals surface area contributed by atoms with Crippen LogP contribution in [-0.4, -0.2) is 10.5 Å². The van der Waals surface area contributed by atoms with Gasteiger partial charge < -0.3 is 10.3 Å². The smallest absolute Gasteiger partial charge is 0.228 e. The van der Waals surface area contributed by atoms with E-state index in [4.69, 9.17) is 5.73 Å². The van der Waals surface area contributed by atoms with E-state index in [2.05, 4.69) is 6.58 Å². The van der Waals surface area contributed by atoms with Gasteiger partial charge in [0.25, 0.3) is 0 Å². The molecule has 0 fully saturated rings. The quantitative estimate of drug-likeness (QED) is 0.842. The standard InChI is InChI=1S/C15H14N2O2/c1-2-14(15(16)19)11-3-5-12(6-4-11)17-9-7-13(18)8-10-17/h2-10,14H,1H2,(H2,16,19). The van der Waals surface area contributed by atoms with E-state index in [0.29, 0.717) is 0 Å². The molecule has 0 radical (unpaired) electrons. The van der Waals surface area contributed by atoms with Crippen molar-refractivity contribution in [2.45, 2.75) is 5.92 Å². The summed E-state index contributed by atoms with van der Waals surface area (Å²) in [6.07, 6.45) is 4.91. The maximum atomic E-state index is 11.2. The molecule has 1 aromatic carbocycles. The molecule has 4 heteroatoms. The first-order chi connectivity index (χ1) is 9.11. The number of pyridine rings is 1. The Morgan fingerprint density at radius 1 is 1.16 bits per heavy atom. The molecule has 19 heavy (non-hydrogen) atoms. The molecule has 0 aliphatic heterocycles. The van der Waals surface area contributed by atoms with Gasteiger partial charge in [-0.15, -0.1) is 6.58 Å². The summed E-state index contributed by atoms with van der Waals surface area (Å²) < 4.78 is 1.82. The minimum Gasteiger partial charge on any atom is -0.369 e. The highest BCUT2D eigenvalue weighted by Crippen LogP contribution is 2.18. The third kappa shape index (κ3) is 2.80. The summed E-state index contributed by atoms with van der Waals surface area (Å²) in [5.74, 6) is -0.908. The Hall–Kier alpha value is -2.62. The summed E-state index contributed by atoms with van der Waals surface area (Å²) in [5.41, 5.74) is 6.96. The van der Waals surface area contributed by atoms with Gasteiger partial charge in [-0.05, 0) is 17.7 Å². The zero-order chi connectivity index (χ0) is 13.8. The normalized spacial score (nSPS) is 11.8. The molecule has 2 rings (SSSR count). The van der Waals surface area contributed by atoms with Crippen molar-refractivity contribution < 1.29 is 4.79 Å². The lowest BCUT2D eigenvalue weighted by atomic mass is 9.98. The van der Waals surface area contributed by atoms with Crippen molar-refractivity contribution in [3.8, 4) is 5.69 Å². The molecular weight excluding hydrogens is 240 g/mol. The van der Waals surface area contributed by atoms with Gasteiger partial charge in [-0.1, -0.05) is 18.2 Å². The molecule has 0 aliphatic rings. The molecule has 0 aliphatic carbocycles. The van der Waals surface area contributed by atoms with Crippen LogP contribution in [0.25, 0.3) is 5.69 Å². The van der Waals surface area contributed by atoms with Gasteiger partial charge in [0.05, 0.1) is 5.92 Å². The van der Waals surface area contributed by atoms with E-state index < -0.39 is 11.8 Å². The first-order valence-electron chi connectivity index (χ1n) is 5.82. The second kappa shape index (κ2) is 5.35. The number of carbonyl (C=O) groups excluding carboxylic acids is 1. The van der Waals surface area contributed by atoms with Crippen molar-refractivity contribution in [3.63, 3.8) is 0 Å². The van der Waals surface area contributed by atoms with Gasteiger partial charge >= 0.3 is 0 Å². The van der Waals surface area contributed by atoms with Crippen LogP contribution in [0.3, 0.4) is 0 Å². The maximum Gasteiger partial charge on any atom is 0.228 e. The Bertz CT molecular complexity index is 636. The Morgan fingerprint density at radius 2 is 1.74 bits per heavy atom. The summed E-state index contributed by atoms with van der Waals surface area (Å²) in [7, 11) is 0. The van der Waals surface area contributed by atoms with E-state index >= 15 is 0 Å². The number of rotatable bonds is 4. The lowest BCUT2D eigenvalue weighted by molar-refractivity contribution is -0.118. The van der Waals surface area contributed by atoms with E-state index in [1.807, 2.05) is 28.8 Å². The Morgan fingerprint density at radius 3 is 2.21 bits per heavy atom. The lowest BCUT2D eigenvalue weighted by Crippen LogP contribution is -2.19. The third-order valence-corrected chi connectivity index (χ3v) is 2.89. The van der Waals surface area contributed by atoms with Gasteiger partial charge in [-0.2, -0.15) is 0 Å². The Balaban J connectivity index is 2.32. The molecule has 2 aromatic rings. The molecule has 1 atom stereocenters. The fraction of sp³-hybridized carbons (Fsp3) is 0.0667. The van der Waals surface area contributed by atoms with Crippen LogP contribution in [0, 0.1) is 0 Å². The Labute approximate surface area is 110 Å². The van der Waals surface area contributed by atoms with Crippen molar-refractivity contribution >= 4 is 5.91 Å². The lowest BCUT2D eigenvalue weighted by Gasteiger charge is -2.11. The largest absolute Gasteiger partial charge is 0.369 e. The van der Waals surface area contributed by atoms with E-state index in [0.717, 1.165) is 11.3 Å². The average molecular weight is 254 g/mol. The summed E-state index contributed by atoms with van der Waals surface area (Å²) in [6.45, 7) is 3.61. The SMILES string of the molecule is C=CC(C(N)=O)c1ccc(-n2ccc(=O)cc2)cc1. The second-order valence-corrected chi connectivity index (χ2v) is 4.15. The predicted octanol–water partition coefficient (Wildman–Crippen LogP) is 1.59. The number of nitrogens with two attached hydrogens (primary N) is 1. The second-order valence-electron chi connectivity index (χ2n) is 4.15. The Kier molecular flexibility index (Phi) is 3.61. The first-order valence-corrected chi connectivity index (χ1v) is 5.82. The number of amides is 1. The molecule has 0 bridgehead atoms. The fourth-order valence-corrected chi connectivity index (χ4v) is 1.86. The van der Waals surface area contributed by atoms with Gasteiger partial charge in [0.2, 0.25) is 5.91 Å². The summed E-state index contributed by atoms with van der Waals surface area (Å²) in [4.78, 5) is 22.3. The molecule has 0 saturated carbocycles. The third-order valence-electron chi connectivity index (χ3n) is 2.89. The van der Waals surface area contributed by atoms with Gasteiger partial charge in [-0.3, -0.25) is 9.59 Å². The monoisotopic (exact) mass is 254 g/mol. The molecule has 0 saturated heterocycles. The van der Waals surface area contributed by atoms with Crippen molar-refractivity contribution in [2.24, 2.45) is 5.73 Å². The van der Waals surface area contributed by atoms with Crippen LogP contribution in [0.5, 0.6) is 0 Å².